The predicted octanol–water partition coefficient (Wildman–Crippen LogP) is 4.70. The monoisotopic (exact) mass is 512 g/mol. The van der Waals surface area contributed by atoms with Crippen LogP contribution < -0.4 is 10.2 Å². The van der Waals surface area contributed by atoms with E-state index in [2.05, 4.69) is 20.4 Å². The molecule has 11 heteroatoms. The number of carbonyl (C=O) groups is 1. The average molecular weight is 513 g/mol. The Morgan fingerprint density at radius 1 is 1.11 bits per heavy atom. The van der Waals surface area contributed by atoms with Crippen molar-refractivity contribution in [2.45, 2.75) is 24.0 Å². The molecule has 4 aromatic rings. The first-order valence-electron chi connectivity index (χ1n) is 11.4. The van der Waals surface area contributed by atoms with Crippen LogP contribution in [0.3, 0.4) is 0 Å². The number of benzene rings is 2. The number of rotatable bonds is 6. The lowest BCUT2D eigenvalue weighted by molar-refractivity contribution is -0.137. The first kappa shape index (κ1) is 24.1. The molecule has 0 aliphatic carbocycles. The summed E-state index contributed by atoms with van der Waals surface area (Å²) in [6.07, 6.45) is 1.43. The average Bonchev–Trinajstić information content (AvgIpc) is 3.55. The van der Waals surface area contributed by atoms with Gasteiger partial charge in [-0.3, -0.25) is 4.79 Å². The lowest BCUT2D eigenvalue weighted by Crippen LogP contribution is -2.32. The number of hydrogen-bond donors (Lipinski definition) is 1. The minimum atomic E-state index is -4.40. The maximum absolute atomic E-state index is 12.9. The number of alkyl halides is 3. The van der Waals surface area contributed by atoms with Gasteiger partial charge in [0.15, 0.2) is 5.65 Å². The summed E-state index contributed by atoms with van der Waals surface area (Å²) in [5.74, 6) is 0.476. The zero-order valence-corrected chi connectivity index (χ0v) is 20.2. The number of amides is 1. The topological polar surface area (TPSA) is 75.9 Å². The highest BCUT2D eigenvalue weighted by Crippen LogP contribution is 2.31. The van der Waals surface area contributed by atoms with Crippen molar-refractivity contribution in [3.8, 4) is 5.69 Å². The van der Waals surface area contributed by atoms with Crippen molar-refractivity contribution >= 4 is 34.5 Å². The third kappa shape index (κ3) is 5.01. The van der Waals surface area contributed by atoms with E-state index in [9.17, 15) is 18.0 Å². The lowest BCUT2D eigenvalue weighted by Gasteiger charge is -2.17. The van der Waals surface area contributed by atoms with Crippen LogP contribution in [0.25, 0.3) is 16.7 Å². The molecule has 2 aromatic heterocycles. The molecule has 0 radical (unpaired) electrons. The number of nitrogens with one attached hydrogen (secondary N) is 1. The fourth-order valence-electron chi connectivity index (χ4n) is 4.26. The molecule has 1 aliphatic heterocycles. The van der Waals surface area contributed by atoms with Gasteiger partial charge in [-0.25, -0.2) is 14.6 Å². The number of thioether (sulfide) groups is 1. The molecule has 0 spiro atoms. The maximum atomic E-state index is 12.9. The van der Waals surface area contributed by atoms with Gasteiger partial charge < -0.3 is 10.2 Å². The van der Waals surface area contributed by atoms with E-state index < -0.39 is 11.7 Å². The van der Waals surface area contributed by atoms with Crippen molar-refractivity contribution in [3.05, 3.63) is 72.2 Å². The van der Waals surface area contributed by atoms with Gasteiger partial charge in [0.2, 0.25) is 5.91 Å². The summed E-state index contributed by atoms with van der Waals surface area (Å²) in [7, 11) is 0. The van der Waals surface area contributed by atoms with Crippen LogP contribution in [0.4, 0.5) is 19.0 Å². The highest BCUT2D eigenvalue weighted by molar-refractivity contribution is 7.98. The summed E-state index contributed by atoms with van der Waals surface area (Å²) in [6.45, 7) is 1.63. The fraction of sp³-hybridized carbons (Fsp3) is 0.280. The van der Waals surface area contributed by atoms with E-state index in [4.69, 9.17) is 0 Å². The minimum absolute atomic E-state index is 0.00260. The zero-order valence-electron chi connectivity index (χ0n) is 19.4. The zero-order chi connectivity index (χ0) is 25.3. The molecule has 1 fully saturated rings. The van der Waals surface area contributed by atoms with E-state index in [0.29, 0.717) is 48.6 Å². The molecule has 1 aliphatic rings. The molecule has 2 aromatic carbocycles. The first-order chi connectivity index (χ1) is 17.3. The normalized spacial score (nSPS) is 16.0. The molecular formula is C25H23F3N6OS. The smallest absolute Gasteiger partial charge is 0.355 e. The molecule has 7 nitrogen and oxygen atoms in total. The molecule has 0 bridgehead atoms. The molecule has 1 N–H and O–H groups in total. The van der Waals surface area contributed by atoms with Gasteiger partial charge in [-0.15, -0.1) is 16.9 Å². The van der Waals surface area contributed by atoms with Crippen molar-refractivity contribution in [1.29, 1.82) is 0 Å². The number of fused-ring (bicyclic) bond motifs is 1. The third-order valence-electron chi connectivity index (χ3n) is 6.24. The van der Waals surface area contributed by atoms with Crippen molar-refractivity contribution in [2.24, 2.45) is 5.92 Å². The molecule has 1 unspecified atom stereocenters. The summed E-state index contributed by atoms with van der Waals surface area (Å²) in [6, 6.07) is 12.9. The van der Waals surface area contributed by atoms with E-state index in [0.717, 1.165) is 17.7 Å². The second-order valence-corrected chi connectivity index (χ2v) is 9.43. The number of hydrogen-bond acceptors (Lipinski definition) is 6. The second-order valence-electron chi connectivity index (χ2n) is 8.55. The Bertz CT molecular complexity index is 1370. The van der Waals surface area contributed by atoms with Crippen LogP contribution in [0.2, 0.25) is 0 Å². The number of carbonyl (C=O) groups excluding carboxylic acids is 1. The van der Waals surface area contributed by atoms with Crippen LogP contribution in [-0.2, 0) is 17.5 Å². The Hall–Kier alpha value is -3.60. The van der Waals surface area contributed by atoms with Crippen LogP contribution in [0.5, 0.6) is 0 Å². The third-order valence-corrected chi connectivity index (χ3v) is 6.98. The molecule has 1 saturated heterocycles. The van der Waals surface area contributed by atoms with Crippen LogP contribution in [0.15, 0.2) is 66.0 Å². The van der Waals surface area contributed by atoms with Crippen molar-refractivity contribution in [1.82, 2.24) is 25.1 Å². The van der Waals surface area contributed by atoms with Gasteiger partial charge >= 0.3 is 6.18 Å². The quantitative estimate of drug-likeness (QED) is 0.378. The number of anilines is 1. The Morgan fingerprint density at radius 3 is 2.56 bits per heavy atom. The summed E-state index contributed by atoms with van der Waals surface area (Å²) in [4.78, 5) is 24.6. The Balaban J connectivity index is 1.28. The summed E-state index contributed by atoms with van der Waals surface area (Å²) >= 11 is 1.67. The number of halogens is 3. The minimum Gasteiger partial charge on any atom is -0.355 e. The SMILES string of the molecule is CSc1ccc(CNC(=O)C2CCN(c3ncnc4nn(-c5ccc(C(F)(F)F)cc5)cc34)C2)cc1. The summed E-state index contributed by atoms with van der Waals surface area (Å²) in [5, 5.41) is 8.11. The molecule has 5 rings (SSSR count). The molecule has 36 heavy (non-hydrogen) atoms. The van der Waals surface area contributed by atoms with Crippen LogP contribution >= 0.6 is 11.8 Å². The van der Waals surface area contributed by atoms with E-state index in [1.165, 1.54) is 28.0 Å². The standard InChI is InChI=1S/C25H23F3N6OS/c1-36-20-8-2-16(3-9-20)12-29-24(35)17-10-11-33(13-17)23-21-14-34(32-22(21)30-15-31-23)19-6-4-18(5-7-19)25(26,27)28/h2-9,14-15,17H,10-13H2,1H3,(H,29,35). The van der Waals surface area contributed by atoms with Gasteiger partial charge in [0, 0.05) is 30.7 Å². The maximum Gasteiger partial charge on any atom is 0.416 e. The van der Waals surface area contributed by atoms with Crippen LogP contribution in [0.1, 0.15) is 17.5 Å². The lowest BCUT2D eigenvalue weighted by atomic mass is 10.1. The fourth-order valence-corrected chi connectivity index (χ4v) is 4.66. The first-order valence-corrected chi connectivity index (χ1v) is 12.6. The van der Waals surface area contributed by atoms with Gasteiger partial charge in [-0.1, -0.05) is 12.1 Å². The highest BCUT2D eigenvalue weighted by Gasteiger charge is 2.31. The molecule has 1 amide bonds. The van der Waals surface area contributed by atoms with Crippen molar-refractivity contribution < 1.29 is 18.0 Å². The Morgan fingerprint density at radius 2 is 1.86 bits per heavy atom. The van der Waals surface area contributed by atoms with Gasteiger partial charge in [0.05, 0.1) is 22.6 Å². The number of aromatic nitrogens is 4. The van der Waals surface area contributed by atoms with Gasteiger partial charge in [-0.05, 0) is 54.6 Å². The molecule has 0 saturated carbocycles. The molecular weight excluding hydrogens is 489 g/mol. The van der Waals surface area contributed by atoms with E-state index in [-0.39, 0.29) is 11.8 Å². The predicted molar refractivity (Wildman–Crippen MR) is 132 cm³/mol. The molecule has 186 valence electrons. The molecule has 1 atom stereocenters. The van der Waals surface area contributed by atoms with E-state index in [1.807, 2.05) is 35.4 Å². The Kier molecular flexibility index (Phi) is 6.57. The highest BCUT2D eigenvalue weighted by atomic mass is 32.2. The van der Waals surface area contributed by atoms with Crippen molar-refractivity contribution in [3.63, 3.8) is 0 Å². The van der Waals surface area contributed by atoms with E-state index >= 15 is 0 Å². The second kappa shape index (κ2) is 9.81. The van der Waals surface area contributed by atoms with Crippen molar-refractivity contribution in [2.75, 3.05) is 24.2 Å². The summed E-state index contributed by atoms with van der Waals surface area (Å²) in [5.41, 5.74) is 1.24. The van der Waals surface area contributed by atoms with Crippen LogP contribution in [-0.4, -0.2) is 45.0 Å². The van der Waals surface area contributed by atoms with Gasteiger partial charge in [-0.2, -0.15) is 13.2 Å². The largest absolute Gasteiger partial charge is 0.416 e. The van der Waals surface area contributed by atoms with E-state index in [1.54, 1.807) is 18.0 Å². The molecule has 3 heterocycles. The Labute approximate surface area is 209 Å². The van der Waals surface area contributed by atoms with Gasteiger partial charge in [0.25, 0.3) is 0 Å². The summed E-state index contributed by atoms with van der Waals surface area (Å²) < 4.78 is 40.2. The number of nitrogens with zero attached hydrogens (tertiary/aromatic N) is 5. The van der Waals surface area contributed by atoms with Crippen LogP contribution in [0, 0.1) is 5.92 Å². The van der Waals surface area contributed by atoms with Gasteiger partial charge in [0.1, 0.15) is 12.1 Å².